The second-order valence-corrected chi connectivity index (χ2v) is 7.96. The Morgan fingerprint density at radius 1 is 1.17 bits per heavy atom. The highest BCUT2D eigenvalue weighted by molar-refractivity contribution is 6.05. The number of anilines is 2. The minimum absolute atomic E-state index is 0.0890. The number of nitrogens with one attached hydrogen (secondary N) is 1. The number of amides is 1. The number of hydrogen-bond acceptors (Lipinski definition) is 5. The van der Waals surface area contributed by atoms with E-state index >= 15 is 0 Å². The van der Waals surface area contributed by atoms with Crippen LogP contribution in [0.15, 0.2) is 42.5 Å². The van der Waals surface area contributed by atoms with Crippen molar-refractivity contribution in [2.45, 2.75) is 26.3 Å². The summed E-state index contributed by atoms with van der Waals surface area (Å²) in [6.45, 7) is 5.47. The molecule has 7 nitrogen and oxygen atoms in total. The molecule has 1 amide bonds. The molecule has 2 aromatic carbocycles. The highest BCUT2D eigenvalue weighted by Gasteiger charge is 2.19. The van der Waals surface area contributed by atoms with Crippen molar-refractivity contribution in [1.29, 1.82) is 0 Å². The maximum Gasteiger partial charge on any atom is 0.293 e. The van der Waals surface area contributed by atoms with Gasteiger partial charge < -0.3 is 10.2 Å². The molecule has 0 saturated carbocycles. The van der Waals surface area contributed by atoms with Gasteiger partial charge in [-0.15, -0.1) is 0 Å². The van der Waals surface area contributed by atoms with E-state index in [1.165, 1.54) is 24.5 Å². The fraction of sp³-hybridized carbons (Fsp3) is 0.409. The molecule has 0 spiro atoms. The van der Waals surface area contributed by atoms with Crippen LogP contribution in [0.4, 0.5) is 17.1 Å². The van der Waals surface area contributed by atoms with E-state index in [1.807, 2.05) is 24.3 Å². The molecule has 1 aliphatic heterocycles. The van der Waals surface area contributed by atoms with Gasteiger partial charge in [-0.3, -0.25) is 19.8 Å². The number of nitro groups is 1. The van der Waals surface area contributed by atoms with Gasteiger partial charge in [-0.1, -0.05) is 19.1 Å². The summed E-state index contributed by atoms with van der Waals surface area (Å²) in [4.78, 5) is 27.5. The van der Waals surface area contributed by atoms with E-state index < -0.39 is 4.92 Å². The molecule has 1 N–H and O–H groups in total. The quantitative estimate of drug-likeness (QED) is 0.586. The van der Waals surface area contributed by atoms with Crippen LogP contribution in [-0.2, 0) is 6.54 Å². The number of nitro benzene ring substituents is 1. The van der Waals surface area contributed by atoms with Gasteiger partial charge in [0.15, 0.2) is 0 Å². The fourth-order valence-electron chi connectivity index (χ4n) is 3.56. The molecule has 0 aliphatic carbocycles. The van der Waals surface area contributed by atoms with Crippen LogP contribution >= 0.6 is 0 Å². The average Bonchev–Trinajstić information content (AvgIpc) is 2.70. The van der Waals surface area contributed by atoms with Crippen molar-refractivity contribution >= 4 is 23.0 Å². The minimum atomic E-state index is -0.470. The lowest BCUT2D eigenvalue weighted by Gasteiger charge is -2.30. The number of benzene rings is 2. The topological polar surface area (TPSA) is 78.7 Å². The molecule has 154 valence electrons. The molecular weight excluding hydrogens is 368 g/mol. The van der Waals surface area contributed by atoms with Crippen LogP contribution in [0.2, 0.25) is 0 Å². The molecule has 29 heavy (non-hydrogen) atoms. The normalized spacial score (nSPS) is 15.1. The Morgan fingerprint density at radius 2 is 1.83 bits per heavy atom. The molecule has 3 rings (SSSR count). The number of hydrogen-bond donors (Lipinski definition) is 1. The van der Waals surface area contributed by atoms with E-state index in [4.69, 9.17) is 0 Å². The summed E-state index contributed by atoms with van der Waals surface area (Å²) in [6.07, 6.45) is 2.49. The second kappa shape index (κ2) is 9.05. The summed E-state index contributed by atoms with van der Waals surface area (Å²) < 4.78 is 0. The lowest BCUT2D eigenvalue weighted by molar-refractivity contribution is -0.384. The first kappa shape index (κ1) is 20.8. The van der Waals surface area contributed by atoms with Gasteiger partial charge in [0.2, 0.25) is 0 Å². The van der Waals surface area contributed by atoms with E-state index in [9.17, 15) is 14.9 Å². The van der Waals surface area contributed by atoms with E-state index in [-0.39, 0.29) is 17.2 Å². The summed E-state index contributed by atoms with van der Waals surface area (Å²) in [5, 5.41) is 14.1. The molecule has 0 unspecified atom stereocenters. The lowest BCUT2D eigenvalue weighted by atomic mass is 9.99. The predicted octanol–water partition coefficient (Wildman–Crippen LogP) is 4.15. The number of piperidine rings is 1. The van der Waals surface area contributed by atoms with E-state index in [2.05, 4.69) is 17.1 Å². The third-order valence-corrected chi connectivity index (χ3v) is 5.41. The highest BCUT2D eigenvalue weighted by Crippen LogP contribution is 2.28. The van der Waals surface area contributed by atoms with E-state index in [1.54, 1.807) is 31.1 Å². The van der Waals surface area contributed by atoms with E-state index in [0.29, 0.717) is 11.4 Å². The third-order valence-electron chi connectivity index (χ3n) is 5.41. The van der Waals surface area contributed by atoms with Crippen LogP contribution in [0.1, 0.15) is 35.7 Å². The summed E-state index contributed by atoms with van der Waals surface area (Å²) >= 11 is 0. The maximum atomic E-state index is 12.5. The van der Waals surface area contributed by atoms with Crippen molar-refractivity contribution in [3.63, 3.8) is 0 Å². The highest BCUT2D eigenvalue weighted by atomic mass is 16.6. The minimum Gasteiger partial charge on any atom is -0.372 e. The number of likely N-dealkylation sites (tertiary alicyclic amines) is 1. The Hall–Kier alpha value is -2.93. The molecule has 7 heteroatoms. The van der Waals surface area contributed by atoms with Gasteiger partial charge in [0, 0.05) is 38.0 Å². The maximum absolute atomic E-state index is 12.5. The largest absolute Gasteiger partial charge is 0.372 e. The first-order chi connectivity index (χ1) is 13.8. The van der Waals surface area contributed by atoms with Crippen molar-refractivity contribution in [1.82, 2.24) is 4.90 Å². The third kappa shape index (κ3) is 5.32. The molecule has 2 aromatic rings. The Bertz CT molecular complexity index is 872. The zero-order valence-electron chi connectivity index (χ0n) is 17.2. The van der Waals surface area contributed by atoms with Crippen LogP contribution in [0.25, 0.3) is 0 Å². The van der Waals surface area contributed by atoms with E-state index in [0.717, 1.165) is 25.6 Å². The van der Waals surface area contributed by atoms with Gasteiger partial charge in [0.05, 0.1) is 4.92 Å². The zero-order chi connectivity index (χ0) is 21.0. The van der Waals surface area contributed by atoms with Gasteiger partial charge >= 0.3 is 0 Å². The lowest BCUT2D eigenvalue weighted by Crippen LogP contribution is -2.32. The zero-order valence-corrected chi connectivity index (χ0v) is 17.2. The van der Waals surface area contributed by atoms with Crippen molar-refractivity contribution in [2.75, 3.05) is 37.4 Å². The average molecular weight is 396 g/mol. The Balaban J connectivity index is 1.65. The van der Waals surface area contributed by atoms with Gasteiger partial charge in [0.1, 0.15) is 5.69 Å². The van der Waals surface area contributed by atoms with Gasteiger partial charge in [-0.05, 0) is 61.7 Å². The van der Waals surface area contributed by atoms with Crippen molar-refractivity contribution < 1.29 is 9.72 Å². The summed E-state index contributed by atoms with van der Waals surface area (Å²) in [7, 11) is 3.46. The monoisotopic (exact) mass is 396 g/mol. The number of carbonyl (C=O) groups excluding carboxylic acids is 1. The summed E-state index contributed by atoms with van der Waals surface area (Å²) in [6, 6.07) is 12.3. The summed E-state index contributed by atoms with van der Waals surface area (Å²) in [5.41, 5.74) is 2.51. The molecule has 1 aliphatic rings. The van der Waals surface area contributed by atoms with Crippen molar-refractivity contribution in [3.05, 3.63) is 63.7 Å². The van der Waals surface area contributed by atoms with Crippen LogP contribution in [-0.4, -0.2) is 42.9 Å². The van der Waals surface area contributed by atoms with Gasteiger partial charge in [-0.2, -0.15) is 0 Å². The molecule has 1 heterocycles. The number of carbonyl (C=O) groups is 1. The van der Waals surface area contributed by atoms with Crippen LogP contribution in [0.5, 0.6) is 0 Å². The number of rotatable bonds is 6. The molecule has 1 saturated heterocycles. The van der Waals surface area contributed by atoms with Crippen molar-refractivity contribution in [3.8, 4) is 0 Å². The standard InChI is InChI=1S/C22H28N4O3/c1-16-10-12-25(13-11-16)15-17-4-7-19(8-5-17)23-22(27)18-6-9-20(24(2)3)21(14-18)26(28)29/h4-9,14,16H,10-13,15H2,1-3H3,(H,23,27). The first-order valence-corrected chi connectivity index (χ1v) is 9.92. The molecular formula is C22H28N4O3. The van der Waals surface area contributed by atoms with Crippen LogP contribution < -0.4 is 10.2 Å². The number of nitrogens with zero attached hydrogens (tertiary/aromatic N) is 3. The van der Waals surface area contributed by atoms with Gasteiger partial charge in [-0.25, -0.2) is 0 Å². The molecule has 1 fully saturated rings. The fourth-order valence-corrected chi connectivity index (χ4v) is 3.56. The molecule has 0 aromatic heterocycles. The van der Waals surface area contributed by atoms with Crippen LogP contribution in [0.3, 0.4) is 0 Å². The first-order valence-electron chi connectivity index (χ1n) is 9.92. The smallest absolute Gasteiger partial charge is 0.293 e. The van der Waals surface area contributed by atoms with Crippen molar-refractivity contribution in [2.24, 2.45) is 5.92 Å². The molecule has 0 bridgehead atoms. The Kier molecular flexibility index (Phi) is 6.49. The molecule has 0 atom stereocenters. The Morgan fingerprint density at radius 3 is 2.41 bits per heavy atom. The van der Waals surface area contributed by atoms with Gasteiger partial charge in [0.25, 0.3) is 11.6 Å². The molecule has 0 radical (unpaired) electrons. The summed E-state index contributed by atoms with van der Waals surface area (Å²) in [5.74, 6) is 0.447. The second-order valence-electron chi connectivity index (χ2n) is 7.96. The Labute approximate surface area is 171 Å². The predicted molar refractivity (Wildman–Crippen MR) is 115 cm³/mol. The SMILES string of the molecule is CC1CCN(Cc2ccc(NC(=O)c3ccc(N(C)C)c([N+](=O)[O-])c3)cc2)CC1. The van der Waals surface area contributed by atoms with Crippen LogP contribution in [0, 0.1) is 16.0 Å².